The van der Waals surface area contributed by atoms with Crippen molar-refractivity contribution in [3.05, 3.63) is 22.7 Å². The Kier molecular flexibility index (Phi) is 7.34. The van der Waals surface area contributed by atoms with Crippen LogP contribution in [-0.2, 0) is 14.3 Å². The van der Waals surface area contributed by atoms with Crippen LogP contribution in [0.1, 0.15) is 38.7 Å². The molecular formula is C18H21ClF3N3O3S. The van der Waals surface area contributed by atoms with Crippen LogP contribution in [0.25, 0.3) is 10.2 Å². The number of esters is 1. The first-order valence-electron chi connectivity index (χ1n) is 8.94. The summed E-state index contributed by atoms with van der Waals surface area (Å²) in [5, 5.41) is 4.10. The van der Waals surface area contributed by atoms with Crippen LogP contribution >= 0.6 is 22.9 Å². The van der Waals surface area contributed by atoms with Gasteiger partial charge in [-0.1, -0.05) is 36.3 Å². The van der Waals surface area contributed by atoms with Gasteiger partial charge in [0.1, 0.15) is 0 Å². The summed E-state index contributed by atoms with van der Waals surface area (Å²) in [5.41, 5.74) is -2.46. The van der Waals surface area contributed by atoms with Crippen LogP contribution in [0, 0.1) is 6.92 Å². The number of halogens is 4. The van der Waals surface area contributed by atoms with Crippen LogP contribution in [0.4, 0.5) is 18.3 Å². The molecule has 2 aromatic rings. The van der Waals surface area contributed by atoms with E-state index in [4.69, 9.17) is 11.6 Å². The quantitative estimate of drug-likeness (QED) is 0.445. The number of carbonyl (C=O) groups is 2. The minimum absolute atomic E-state index is 0.163. The van der Waals surface area contributed by atoms with E-state index in [9.17, 15) is 22.8 Å². The number of thiazole rings is 1. The molecule has 0 aliphatic heterocycles. The smallest absolute Gasteiger partial charge is 0.442 e. The number of unbranched alkanes of at least 4 members (excludes halogenated alkanes) is 1. The first-order valence-corrected chi connectivity index (χ1v) is 10.1. The number of amides is 1. The Morgan fingerprint density at radius 2 is 1.97 bits per heavy atom. The molecule has 0 bridgehead atoms. The van der Waals surface area contributed by atoms with Gasteiger partial charge in [0.15, 0.2) is 5.13 Å². The number of ether oxygens (including phenoxy) is 1. The average Bonchev–Trinajstić information content (AvgIpc) is 3.05. The summed E-state index contributed by atoms with van der Waals surface area (Å²) in [6, 6.07) is 3.23. The number of aromatic nitrogens is 1. The summed E-state index contributed by atoms with van der Waals surface area (Å²) in [6.45, 7) is 4.56. The zero-order valence-electron chi connectivity index (χ0n) is 16.1. The van der Waals surface area contributed by atoms with Crippen molar-refractivity contribution in [2.75, 3.05) is 11.9 Å². The summed E-state index contributed by atoms with van der Waals surface area (Å²) in [7, 11) is 0. The number of anilines is 1. The van der Waals surface area contributed by atoms with Crippen LogP contribution in [0.5, 0.6) is 0 Å². The minimum atomic E-state index is -5.19. The zero-order chi connectivity index (χ0) is 21.8. The molecule has 0 aliphatic rings. The monoisotopic (exact) mass is 451 g/mol. The zero-order valence-corrected chi connectivity index (χ0v) is 17.6. The Hall–Kier alpha value is -2.07. The third-order valence-corrected chi connectivity index (χ3v) is 5.48. The van der Waals surface area contributed by atoms with E-state index in [0.29, 0.717) is 33.6 Å². The van der Waals surface area contributed by atoms with E-state index in [1.165, 1.54) is 6.92 Å². The molecule has 1 aromatic heterocycles. The largest absolute Gasteiger partial charge is 0.463 e. The lowest BCUT2D eigenvalue weighted by Crippen LogP contribution is -2.69. The van der Waals surface area contributed by atoms with Gasteiger partial charge in [0.25, 0.3) is 0 Å². The van der Waals surface area contributed by atoms with Crippen molar-refractivity contribution in [1.29, 1.82) is 0 Å². The molecule has 11 heteroatoms. The van der Waals surface area contributed by atoms with Gasteiger partial charge in [0, 0.05) is 11.4 Å². The Bertz CT molecular complexity index is 904. The number of carbonyl (C=O) groups excluding carboxylic acids is 2. The second kappa shape index (κ2) is 9.17. The molecule has 0 aliphatic carbocycles. The number of hydrogen-bond acceptors (Lipinski definition) is 6. The molecule has 0 saturated carbocycles. The number of nitrogens with zero attached hydrogens (tertiary/aromatic N) is 1. The number of nitrogens with one attached hydrogen (secondary N) is 2. The van der Waals surface area contributed by atoms with Gasteiger partial charge >= 0.3 is 17.8 Å². The van der Waals surface area contributed by atoms with Gasteiger partial charge in [0.05, 0.1) is 16.8 Å². The second-order valence-electron chi connectivity index (χ2n) is 6.28. The van der Waals surface area contributed by atoms with Crippen molar-refractivity contribution in [3.8, 4) is 0 Å². The van der Waals surface area contributed by atoms with Crippen LogP contribution in [-0.4, -0.2) is 35.3 Å². The van der Waals surface area contributed by atoms with E-state index in [-0.39, 0.29) is 18.2 Å². The molecule has 2 rings (SSSR count). The maximum Gasteiger partial charge on any atom is 0.442 e. The first kappa shape index (κ1) is 23.2. The van der Waals surface area contributed by atoms with Gasteiger partial charge in [-0.15, -0.1) is 0 Å². The van der Waals surface area contributed by atoms with Crippen molar-refractivity contribution >= 4 is 50.2 Å². The lowest BCUT2D eigenvalue weighted by atomic mass is 10.1. The van der Waals surface area contributed by atoms with Crippen molar-refractivity contribution in [2.45, 2.75) is 51.9 Å². The maximum atomic E-state index is 14.1. The summed E-state index contributed by atoms with van der Waals surface area (Å²) in [6.07, 6.45) is -4.37. The maximum absolute atomic E-state index is 14.1. The molecule has 1 heterocycles. The SMILES string of the molecule is CCCCC(=O)N[C@](Nc1nc2c(C)c(Cl)ccc2s1)(C(=O)OCC)C(F)(F)F. The highest BCUT2D eigenvalue weighted by molar-refractivity contribution is 7.22. The minimum Gasteiger partial charge on any atom is -0.463 e. The molecule has 0 radical (unpaired) electrons. The van der Waals surface area contributed by atoms with Gasteiger partial charge in [0.2, 0.25) is 5.91 Å². The van der Waals surface area contributed by atoms with E-state index in [1.807, 2.05) is 0 Å². The number of benzene rings is 1. The van der Waals surface area contributed by atoms with E-state index < -0.39 is 23.7 Å². The third-order valence-electron chi connectivity index (χ3n) is 4.13. The highest BCUT2D eigenvalue weighted by Crippen LogP contribution is 2.37. The van der Waals surface area contributed by atoms with Gasteiger partial charge < -0.3 is 15.4 Å². The van der Waals surface area contributed by atoms with Crippen molar-refractivity contribution in [3.63, 3.8) is 0 Å². The molecular weight excluding hydrogens is 431 g/mol. The Balaban J connectivity index is 2.52. The highest BCUT2D eigenvalue weighted by atomic mass is 35.5. The third kappa shape index (κ3) is 4.92. The molecule has 160 valence electrons. The molecule has 1 aromatic carbocycles. The molecule has 6 nitrogen and oxygen atoms in total. The standard InChI is InChI=1S/C18H21ClF3N3O3S/c1-4-6-7-13(26)24-17(18(20,21)22,15(27)28-5-2)25-16-23-14-10(3)11(19)8-9-12(14)29-16/h8-9H,4-7H2,1-3H3,(H,23,25)(H,24,26)/t17-/m0/s1. The fraction of sp³-hybridized carbons (Fsp3) is 0.500. The Morgan fingerprint density at radius 1 is 1.28 bits per heavy atom. The predicted octanol–water partition coefficient (Wildman–Crippen LogP) is 4.80. The van der Waals surface area contributed by atoms with Crippen molar-refractivity contribution < 1.29 is 27.5 Å². The Labute approximate surface area is 174 Å². The van der Waals surface area contributed by atoms with Crippen LogP contribution in [0.15, 0.2) is 12.1 Å². The summed E-state index contributed by atoms with van der Waals surface area (Å²) < 4.78 is 47.5. The number of rotatable bonds is 8. The molecule has 0 spiro atoms. The predicted molar refractivity (Wildman–Crippen MR) is 106 cm³/mol. The van der Waals surface area contributed by atoms with Crippen molar-refractivity contribution in [2.24, 2.45) is 0 Å². The lowest BCUT2D eigenvalue weighted by molar-refractivity contribution is -0.207. The van der Waals surface area contributed by atoms with Crippen LogP contribution in [0.2, 0.25) is 5.02 Å². The van der Waals surface area contributed by atoms with Crippen molar-refractivity contribution in [1.82, 2.24) is 10.3 Å². The topological polar surface area (TPSA) is 80.3 Å². The molecule has 1 amide bonds. The summed E-state index contributed by atoms with van der Waals surface area (Å²) in [4.78, 5) is 28.7. The fourth-order valence-corrected chi connectivity index (χ4v) is 3.69. The van der Waals surface area contributed by atoms with Gasteiger partial charge in [-0.2, -0.15) is 13.2 Å². The summed E-state index contributed by atoms with van der Waals surface area (Å²) in [5.74, 6) is -2.59. The average molecular weight is 452 g/mol. The van der Waals surface area contributed by atoms with Gasteiger partial charge in [-0.05, 0) is 38.0 Å². The molecule has 0 unspecified atom stereocenters. The normalized spacial score (nSPS) is 13.8. The highest BCUT2D eigenvalue weighted by Gasteiger charge is 2.64. The molecule has 0 saturated heterocycles. The number of fused-ring (bicyclic) bond motifs is 1. The van der Waals surface area contributed by atoms with Gasteiger partial charge in [-0.3, -0.25) is 4.79 Å². The van der Waals surface area contributed by atoms with E-state index in [2.05, 4.69) is 15.0 Å². The molecule has 1 atom stereocenters. The number of hydrogen-bond donors (Lipinski definition) is 2. The number of alkyl halides is 3. The fourth-order valence-electron chi connectivity index (χ4n) is 2.55. The number of aryl methyl sites for hydroxylation is 1. The lowest BCUT2D eigenvalue weighted by Gasteiger charge is -2.34. The van der Waals surface area contributed by atoms with Crippen LogP contribution in [0.3, 0.4) is 0 Å². The molecule has 29 heavy (non-hydrogen) atoms. The molecule has 0 fully saturated rings. The van der Waals surface area contributed by atoms with E-state index in [0.717, 1.165) is 11.3 Å². The first-order chi connectivity index (χ1) is 13.6. The summed E-state index contributed by atoms with van der Waals surface area (Å²) >= 11 is 6.95. The molecule has 2 N–H and O–H groups in total. The van der Waals surface area contributed by atoms with Crippen LogP contribution < -0.4 is 10.6 Å². The van der Waals surface area contributed by atoms with Gasteiger partial charge in [-0.25, -0.2) is 9.78 Å². The van der Waals surface area contributed by atoms with E-state index >= 15 is 0 Å². The second-order valence-corrected chi connectivity index (χ2v) is 7.72. The van der Waals surface area contributed by atoms with E-state index in [1.54, 1.807) is 31.3 Å². The Morgan fingerprint density at radius 3 is 2.55 bits per heavy atom.